The summed E-state index contributed by atoms with van der Waals surface area (Å²) in [6, 6.07) is 11.7. The van der Waals surface area contributed by atoms with Crippen LogP contribution >= 0.6 is 0 Å². The van der Waals surface area contributed by atoms with E-state index in [1.54, 1.807) is 24.3 Å². The van der Waals surface area contributed by atoms with Gasteiger partial charge in [-0.05, 0) is 44.0 Å². The second-order valence-corrected chi connectivity index (χ2v) is 6.99. The van der Waals surface area contributed by atoms with E-state index in [1.165, 1.54) is 0 Å². The quantitative estimate of drug-likeness (QED) is 0.785. The average molecular weight is 364 g/mol. The molecular formula is C22H24N2O3. The third kappa shape index (κ3) is 3.63. The Labute approximate surface area is 159 Å². The number of unbranched alkanes of at least 4 members (excludes halogenated alkanes) is 1. The Morgan fingerprint density at radius 3 is 2.22 bits per heavy atom. The first-order chi connectivity index (χ1) is 12.9. The Morgan fingerprint density at radius 1 is 1.04 bits per heavy atom. The molecule has 5 nitrogen and oxygen atoms in total. The molecule has 140 valence electrons. The number of rotatable bonds is 6. The van der Waals surface area contributed by atoms with Gasteiger partial charge in [0.1, 0.15) is 6.04 Å². The van der Waals surface area contributed by atoms with Crippen molar-refractivity contribution in [3.05, 3.63) is 64.7 Å². The minimum atomic E-state index is -0.821. The van der Waals surface area contributed by atoms with E-state index in [4.69, 9.17) is 0 Å². The maximum Gasteiger partial charge on any atom is 0.262 e. The minimum Gasteiger partial charge on any atom is -0.324 e. The SMILES string of the molecule is CCCC[C@H](C(=O)Nc1ccc(C)cc1C)N1C(=O)c2ccccc2C1=O. The van der Waals surface area contributed by atoms with Crippen molar-refractivity contribution in [2.75, 3.05) is 5.32 Å². The Bertz CT molecular complexity index is 869. The molecule has 0 saturated heterocycles. The second kappa shape index (κ2) is 7.74. The summed E-state index contributed by atoms with van der Waals surface area (Å²) < 4.78 is 0. The van der Waals surface area contributed by atoms with E-state index in [9.17, 15) is 14.4 Å². The van der Waals surface area contributed by atoms with Crippen LogP contribution in [0.15, 0.2) is 42.5 Å². The Kier molecular flexibility index (Phi) is 5.40. The molecular weight excluding hydrogens is 340 g/mol. The third-order valence-electron chi connectivity index (χ3n) is 4.91. The van der Waals surface area contributed by atoms with E-state index in [-0.39, 0.29) is 5.91 Å². The third-order valence-corrected chi connectivity index (χ3v) is 4.91. The fourth-order valence-electron chi connectivity index (χ4n) is 3.44. The first kappa shape index (κ1) is 18.8. The molecule has 0 radical (unpaired) electrons. The topological polar surface area (TPSA) is 66.5 Å². The number of carbonyl (C=O) groups excluding carboxylic acids is 3. The van der Waals surface area contributed by atoms with Gasteiger partial charge >= 0.3 is 0 Å². The fourth-order valence-corrected chi connectivity index (χ4v) is 3.44. The van der Waals surface area contributed by atoms with Crippen molar-refractivity contribution >= 4 is 23.4 Å². The van der Waals surface area contributed by atoms with Crippen molar-refractivity contribution in [3.8, 4) is 0 Å². The number of benzene rings is 2. The number of nitrogens with zero attached hydrogens (tertiary/aromatic N) is 1. The molecule has 27 heavy (non-hydrogen) atoms. The maximum atomic E-state index is 13.0. The standard InChI is InChI=1S/C22H24N2O3/c1-4-5-10-19(20(25)23-18-12-11-14(2)13-15(18)3)24-21(26)16-8-6-7-9-17(16)22(24)27/h6-9,11-13,19H,4-5,10H2,1-3H3,(H,23,25)/t19-/m1/s1. The molecule has 0 aliphatic carbocycles. The van der Waals surface area contributed by atoms with Crippen LogP contribution in [0.25, 0.3) is 0 Å². The highest BCUT2D eigenvalue weighted by molar-refractivity contribution is 6.23. The number of fused-ring (bicyclic) bond motifs is 1. The molecule has 0 spiro atoms. The summed E-state index contributed by atoms with van der Waals surface area (Å²) in [7, 11) is 0. The van der Waals surface area contributed by atoms with Crippen LogP contribution in [0.5, 0.6) is 0 Å². The van der Waals surface area contributed by atoms with Crippen LogP contribution in [0.2, 0.25) is 0 Å². The van der Waals surface area contributed by atoms with Gasteiger partial charge in [-0.2, -0.15) is 0 Å². The van der Waals surface area contributed by atoms with Gasteiger partial charge in [0.25, 0.3) is 11.8 Å². The highest BCUT2D eigenvalue weighted by atomic mass is 16.2. The average Bonchev–Trinajstić information content (AvgIpc) is 2.90. The molecule has 0 unspecified atom stereocenters. The van der Waals surface area contributed by atoms with E-state index >= 15 is 0 Å². The first-order valence-electron chi connectivity index (χ1n) is 9.29. The number of nitrogens with one attached hydrogen (secondary N) is 1. The zero-order valence-electron chi connectivity index (χ0n) is 15.9. The molecule has 1 N–H and O–H groups in total. The molecule has 0 fully saturated rings. The zero-order chi connectivity index (χ0) is 19.6. The fraction of sp³-hybridized carbons (Fsp3) is 0.318. The van der Waals surface area contributed by atoms with Gasteiger partial charge in [-0.15, -0.1) is 0 Å². The van der Waals surface area contributed by atoms with E-state index in [2.05, 4.69) is 5.32 Å². The number of hydrogen-bond donors (Lipinski definition) is 1. The highest BCUT2D eigenvalue weighted by Crippen LogP contribution is 2.27. The molecule has 1 heterocycles. The molecule has 0 bridgehead atoms. The lowest BCUT2D eigenvalue weighted by molar-refractivity contribution is -0.120. The van der Waals surface area contributed by atoms with Crippen LogP contribution in [-0.4, -0.2) is 28.7 Å². The Morgan fingerprint density at radius 2 is 1.67 bits per heavy atom. The van der Waals surface area contributed by atoms with Gasteiger partial charge in [-0.1, -0.05) is 49.6 Å². The van der Waals surface area contributed by atoms with Gasteiger partial charge in [0.05, 0.1) is 11.1 Å². The van der Waals surface area contributed by atoms with Gasteiger partial charge in [-0.3, -0.25) is 19.3 Å². The van der Waals surface area contributed by atoms with Crippen LogP contribution in [0, 0.1) is 13.8 Å². The van der Waals surface area contributed by atoms with Crippen LogP contribution in [0.3, 0.4) is 0 Å². The summed E-state index contributed by atoms with van der Waals surface area (Å²) in [4.78, 5) is 39.8. The van der Waals surface area contributed by atoms with Gasteiger partial charge in [0.15, 0.2) is 0 Å². The van der Waals surface area contributed by atoms with Crippen LogP contribution in [-0.2, 0) is 4.79 Å². The van der Waals surface area contributed by atoms with E-state index in [0.717, 1.165) is 28.9 Å². The minimum absolute atomic E-state index is 0.329. The first-order valence-corrected chi connectivity index (χ1v) is 9.29. The summed E-state index contributed by atoms with van der Waals surface area (Å²) in [5.74, 6) is -1.12. The van der Waals surface area contributed by atoms with Crippen LogP contribution < -0.4 is 5.32 Å². The number of carbonyl (C=O) groups is 3. The lowest BCUT2D eigenvalue weighted by Crippen LogP contribution is -2.47. The van der Waals surface area contributed by atoms with Crippen molar-refractivity contribution in [1.29, 1.82) is 0 Å². The molecule has 1 aliphatic rings. The zero-order valence-corrected chi connectivity index (χ0v) is 15.9. The van der Waals surface area contributed by atoms with Gasteiger partial charge in [0, 0.05) is 5.69 Å². The van der Waals surface area contributed by atoms with Crippen molar-refractivity contribution in [2.24, 2.45) is 0 Å². The molecule has 3 rings (SSSR count). The summed E-state index contributed by atoms with van der Waals surface area (Å²) in [6.45, 7) is 5.93. The molecule has 0 saturated carbocycles. The molecule has 2 aromatic rings. The molecule has 0 aromatic heterocycles. The van der Waals surface area contributed by atoms with Crippen molar-refractivity contribution in [3.63, 3.8) is 0 Å². The van der Waals surface area contributed by atoms with Gasteiger partial charge < -0.3 is 5.32 Å². The number of aryl methyl sites for hydroxylation is 2. The summed E-state index contributed by atoms with van der Waals surface area (Å²) in [5.41, 5.74) is 3.48. The number of hydrogen-bond acceptors (Lipinski definition) is 3. The predicted molar refractivity (Wildman–Crippen MR) is 105 cm³/mol. The van der Waals surface area contributed by atoms with Crippen LogP contribution in [0.1, 0.15) is 58.0 Å². The lowest BCUT2D eigenvalue weighted by Gasteiger charge is -2.25. The summed E-state index contributed by atoms with van der Waals surface area (Å²) >= 11 is 0. The summed E-state index contributed by atoms with van der Waals surface area (Å²) in [6.07, 6.45) is 2.06. The second-order valence-electron chi connectivity index (χ2n) is 6.99. The highest BCUT2D eigenvalue weighted by Gasteiger charge is 2.42. The number of imide groups is 1. The number of anilines is 1. The monoisotopic (exact) mass is 364 g/mol. The molecule has 2 aromatic carbocycles. The molecule has 5 heteroatoms. The normalized spacial score (nSPS) is 14.3. The maximum absolute atomic E-state index is 13.0. The number of amides is 3. The predicted octanol–water partition coefficient (Wildman–Crippen LogP) is 4.10. The lowest BCUT2D eigenvalue weighted by atomic mass is 10.1. The van der Waals surface area contributed by atoms with Crippen molar-refractivity contribution < 1.29 is 14.4 Å². The largest absolute Gasteiger partial charge is 0.324 e. The smallest absolute Gasteiger partial charge is 0.262 e. The van der Waals surface area contributed by atoms with Gasteiger partial charge in [-0.25, -0.2) is 0 Å². The molecule has 1 aliphatic heterocycles. The van der Waals surface area contributed by atoms with Crippen molar-refractivity contribution in [2.45, 2.75) is 46.1 Å². The Hall–Kier alpha value is -2.95. The van der Waals surface area contributed by atoms with Crippen molar-refractivity contribution in [1.82, 2.24) is 4.90 Å². The van der Waals surface area contributed by atoms with E-state index in [0.29, 0.717) is 23.2 Å². The van der Waals surface area contributed by atoms with Gasteiger partial charge in [0.2, 0.25) is 5.91 Å². The van der Waals surface area contributed by atoms with Crippen LogP contribution in [0.4, 0.5) is 5.69 Å². The van der Waals surface area contributed by atoms with E-state index in [1.807, 2.05) is 39.0 Å². The molecule has 3 amide bonds. The van der Waals surface area contributed by atoms with E-state index < -0.39 is 17.9 Å². The summed E-state index contributed by atoms with van der Waals surface area (Å²) in [5, 5.41) is 2.91. The molecule has 1 atom stereocenters. The Balaban J connectivity index is 1.89.